The van der Waals surface area contributed by atoms with Crippen molar-refractivity contribution in [1.82, 2.24) is 5.32 Å². The molecule has 100 valence electrons. The van der Waals surface area contributed by atoms with Crippen LogP contribution in [0, 0.1) is 5.92 Å². The monoisotopic (exact) mass is 241 g/mol. The minimum absolute atomic E-state index is 0.553. The van der Waals surface area contributed by atoms with Gasteiger partial charge in [0.15, 0.2) is 0 Å². The summed E-state index contributed by atoms with van der Waals surface area (Å²) in [5, 5.41) is 3.60. The Kier molecular flexibility index (Phi) is 5.75. The largest absolute Gasteiger partial charge is 0.381 e. The average molecular weight is 241 g/mol. The van der Waals surface area contributed by atoms with Crippen LogP contribution in [0.3, 0.4) is 0 Å². The summed E-state index contributed by atoms with van der Waals surface area (Å²) in [4.78, 5) is 0. The second kappa shape index (κ2) is 7.34. The summed E-state index contributed by atoms with van der Waals surface area (Å²) in [5.41, 5.74) is 0. The van der Waals surface area contributed by atoms with Gasteiger partial charge in [-0.2, -0.15) is 0 Å². The number of ether oxygens (including phenoxy) is 2. The Balaban J connectivity index is 1.64. The molecule has 2 fully saturated rings. The summed E-state index contributed by atoms with van der Waals surface area (Å²) in [6.07, 6.45) is 8.10. The SMILES string of the molecule is CCNC1CCOCC1CCCC1CCCO1. The maximum Gasteiger partial charge on any atom is 0.0576 e. The third-order valence-electron chi connectivity index (χ3n) is 4.07. The lowest BCUT2D eigenvalue weighted by Gasteiger charge is -2.32. The van der Waals surface area contributed by atoms with Crippen molar-refractivity contribution in [3.63, 3.8) is 0 Å². The van der Waals surface area contributed by atoms with Crippen LogP contribution in [0.25, 0.3) is 0 Å². The molecule has 0 bridgehead atoms. The first-order valence-electron chi connectivity index (χ1n) is 7.33. The van der Waals surface area contributed by atoms with Crippen molar-refractivity contribution in [3.8, 4) is 0 Å². The Morgan fingerprint density at radius 3 is 2.88 bits per heavy atom. The third-order valence-corrected chi connectivity index (χ3v) is 4.07. The molecule has 0 aromatic rings. The summed E-state index contributed by atoms with van der Waals surface area (Å²) in [7, 11) is 0. The molecule has 17 heavy (non-hydrogen) atoms. The van der Waals surface area contributed by atoms with Gasteiger partial charge in [-0.3, -0.25) is 0 Å². The van der Waals surface area contributed by atoms with Gasteiger partial charge in [-0.1, -0.05) is 13.3 Å². The molecule has 1 N–H and O–H groups in total. The van der Waals surface area contributed by atoms with E-state index in [1.165, 1.54) is 38.5 Å². The van der Waals surface area contributed by atoms with Gasteiger partial charge >= 0.3 is 0 Å². The minimum Gasteiger partial charge on any atom is -0.381 e. The average Bonchev–Trinajstić information content (AvgIpc) is 2.85. The summed E-state index contributed by atoms with van der Waals surface area (Å²) >= 11 is 0. The molecule has 2 saturated heterocycles. The van der Waals surface area contributed by atoms with Gasteiger partial charge in [0.1, 0.15) is 0 Å². The van der Waals surface area contributed by atoms with Crippen molar-refractivity contribution in [2.45, 2.75) is 57.6 Å². The van der Waals surface area contributed by atoms with E-state index in [2.05, 4.69) is 12.2 Å². The van der Waals surface area contributed by atoms with Crippen LogP contribution in [0.5, 0.6) is 0 Å². The first kappa shape index (κ1) is 13.3. The summed E-state index contributed by atoms with van der Waals surface area (Å²) < 4.78 is 11.3. The van der Waals surface area contributed by atoms with Crippen LogP contribution >= 0.6 is 0 Å². The summed E-state index contributed by atoms with van der Waals surface area (Å²) in [6, 6.07) is 0.679. The van der Waals surface area contributed by atoms with E-state index in [4.69, 9.17) is 9.47 Å². The van der Waals surface area contributed by atoms with Crippen molar-refractivity contribution in [3.05, 3.63) is 0 Å². The topological polar surface area (TPSA) is 30.5 Å². The van der Waals surface area contributed by atoms with Gasteiger partial charge in [-0.25, -0.2) is 0 Å². The van der Waals surface area contributed by atoms with E-state index >= 15 is 0 Å². The van der Waals surface area contributed by atoms with Gasteiger partial charge in [-0.05, 0) is 44.6 Å². The van der Waals surface area contributed by atoms with Crippen molar-refractivity contribution >= 4 is 0 Å². The second-order valence-electron chi connectivity index (χ2n) is 5.35. The highest BCUT2D eigenvalue weighted by molar-refractivity contribution is 4.79. The van der Waals surface area contributed by atoms with Crippen LogP contribution in [-0.4, -0.2) is 38.5 Å². The fraction of sp³-hybridized carbons (Fsp3) is 1.00. The van der Waals surface area contributed by atoms with Crippen LogP contribution < -0.4 is 5.32 Å². The highest BCUT2D eigenvalue weighted by atomic mass is 16.5. The zero-order valence-corrected chi connectivity index (χ0v) is 11.1. The maximum atomic E-state index is 5.67. The molecule has 2 aliphatic heterocycles. The van der Waals surface area contributed by atoms with Crippen molar-refractivity contribution in [1.29, 1.82) is 0 Å². The van der Waals surface area contributed by atoms with Crippen molar-refractivity contribution in [2.24, 2.45) is 5.92 Å². The normalized spacial score (nSPS) is 34.1. The highest BCUT2D eigenvalue weighted by Gasteiger charge is 2.25. The Bertz CT molecular complexity index is 202. The molecule has 0 aromatic heterocycles. The Hall–Kier alpha value is -0.120. The fourth-order valence-corrected chi connectivity index (χ4v) is 3.09. The van der Waals surface area contributed by atoms with Gasteiger partial charge in [0.05, 0.1) is 12.7 Å². The Morgan fingerprint density at radius 1 is 1.18 bits per heavy atom. The Labute approximate surface area is 105 Å². The molecule has 0 aromatic carbocycles. The predicted molar refractivity (Wildman–Crippen MR) is 69.2 cm³/mol. The molecule has 2 aliphatic rings. The molecule has 3 nitrogen and oxygen atoms in total. The zero-order valence-electron chi connectivity index (χ0n) is 11.1. The van der Waals surface area contributed by atoms with Crippen molar-refractivity contribution < 1.29 is 9.47 Å². The first-order valence-corrected chi connectivity index (χ1v) is 7.33. The molecule has 2 rings (SSSR count). The molecule has 0 amide bonds. The molecular weight excluding hydrogens is 214 g/mol. The number of hydrogen-bond acceptors (Lipinski definition) is 3. The molecule has 0 radical (unpaired) electrons. The van der Waals surface area contributed by atoms with Gasteiger partial charge in [0.2, 0.25) is 0 Å². The predicted octanol–water partition coefficient (Wildman–Crippen LogP) is 2.35. The van der Waals surface area contributed by atoms with Gasteiger partial charge in [-0.15, -0.1) is 0 Å². The number of hydrogen-bond donors (Lipinski definition) is 1. The number of nitrogens with one attached hydrogen (secondary N) is 1. The maximum absolute atomic E-state index is 5.67. The van der Waals surface area contributed by atoms with E-state index in [0.29, 0.717) is 18.1 Å². The van der Waals surface area contributed by atoms with E-state index in [0.717, 1.165) is 26.4 Å². The van der Waals surface area contributed by atoms with Crippen LogP contribution in [0.4, 0.5) is 0 Å². The fourth-order valence-electron chi connectivity index (χ4n) is 3.09. The molecule has 2 heterocycles. The molecule has 3 heteroatoms. The number of rotatable bonds is 6. The smallest absolute Gasteiger partial charge is 0.0576 e. The van der Waals surface area contributed by atoms with Crippen LogP contribution in [0.15, 0.2) is 0 Å². The van der Waals surface area contributed by atoms with Gasteiger partial charge in [0.25, 0.3) is 0 Å². The van der Waals surface area contributed by atoms with E-state index in [9.17, 15) is 0 Å². The van der Waals surface area contributed by atoms with E-state index in [-0.39, 0.29) is 0 Å². The first-order chi connectivity index (χ1) is 8.40. The molecule has 0 saturated carbocycles. The van der Waals surface area contributed by atoms with E-state index in [1.54, 1.807) is 0 Å². The lowest BCUT2D eigenvalue weighted by molar-refractivity contribution is 0.0258. The van der Waals surface area contributed by atoms with Crippen LogP contribution in [0.2, 0.25) is 0 Å². The molecular formula is C14H27NO2. The standard InChI is InChI=1S/C14H27NO2/c1-2-15-14-8-10-16-11-12(14)5-3-6-13-7-4-9-17-13/h12-15H,2-11H2,1H3. The molecule has 0 aliphatic carbocycles. The van der Waals surface area contributed by atoms with E-state index in [1.807, 2.05) is 0 Å². The lowest BCUT2D eigenvalue weighted by Crippen LogP contribution is -2.42. The lowest BCUT2D eigenvalue weighted by atomic mass is 9.90. The third kappa shape index (κ3) is 4.23. The highest BCUT2D eigenvalue weighted by Crippen LogP contribution is 2.23. The molecule has 3 atom stereocenters. The van der Waals surface area contributed by atoms with E-state index < -0.39 is 0 Å². The van der Waals surface area contributed by atoms with Gasteiger partial charge in [0, 0.05) is 19.3 Å². The molecule has 0 spiro atoms. The van der Waals surface area contributed by atoms with Crippen LogP contribution in [0.1, 0.15) is 45.4 Å². The van der Waals surface area contributed by atoms with Crippen LogP contribution in [-0.2, 0) is 9.47 Å². The quantitative estimate of drug-likeness (QED) is 0.774. The molecule has 3 unspecified atom stereocenters. The van der Waals surface area contributed by atoms with Gasteiger partial charge < -0.3 is 14.8 Å². The second-order valence-corrected chi connectivity index (χ2v) is 5.35. The summed E-state index contributed by atoms with van der Waals surface area (Å²) in [5.74, 6) is 0.713. The summed E-state index contributed by atoms with van der Waals surface area (Å²) in [6.45, 7) is 6.13. The Morgan fingerprint density at radius 2 is 2.12 bits per heavy atom. The minimum atomic E-state index is 0.553. The van der Waals surface area contributed by atoms with Crippen molar-refractivity contribution in [2.75, 3.05) is 26.4 Å². The zero-order chi connectivity index (χ0) is 11.9.